The highest BCUT2D eigenvalue weighted by Gasteiger charge is 2.24. The van der Waals surface area contributed by atoms with E-state index in [1.54, 1.807) is 24.3 Å². The standard InChI is InChI=1S/C13H26N2O2.C10H23N2O6P.C4H6N2.C2H5NO.C2H6.2CH3NO/c1-6-7-15(12(5)16)9-13(17)14-11(4)8-10(2)3;1-8(7-13)10(14)12-6-9(2)18-19(15,16)17-5-3-4-11;1-4-2-5-3-6-4;1-2(3)4;1-2;2*2-1-3/h10-11H,6-9H2,1-5H3,(H,14,17);8-9,13H,3-7,11H2,1-2H3,(H,12,14)(H,15,16);2-3H,1H3,(H,5,6);1H3,(H2,3,4);1-2H3;2*1H,(H2,2,3). The largest absolute Gasteiger partial charge is 0.472 e. The highest BCUT2D eigenvalue weighted by Crippen LogP contribution is 2.44. The Balaban J connectivity index is -0.000000148. The molecule has 21 heteroatoms. The summed E-state index contributed by atoms with van der Waals surface area (Å²) in [6, 6.07) is 0.165. The first-order valence-electron chi connectivity index (χ1n) is 17.5. The third kappa shape index (κ3) is 54.8. The van der Waals surface area contributed by atoms with E-state index in [-0.39, 0.29) is 68.8 Å². The third-order valence-electron chi connectivity index (χ3n) is 5.34. The molecule has 4 unspecified atom stereocenters. The molecule has 1 aromatic rings. The van der Waals surface area contributed by atoms with Gasteiger partial charge in [-0.25, -0.2) is 9.55 Å². The summed E-state index contributed by atoms with van der Waals surface area (Å²) in [5.74, 6) is -0.770. The van der Waals surface area contributed by atoms with Gasteiger partial charge in [-0.1, -0.05) is 41.5 Å². The molecule has 0 saturated carbocycles. The molecule has 0 bridgehead atoms. The van der Waals surface area contributed by atoms with Crippen LogP contribution in [0.5, 0.6) is 0 Å². The average molecular weight is 802 g/mol. The third-order valence-corrected chi connectivity index (χ3v) is 6.48. The van der Waals surface area contributed by atoms with E-state index in [0.717, 1.165) is 18.5 Å². The predicted octanol–water partition coefficient (Wildman–Crippen LogP) is 0.837. The molecule has 0 fully saturated rings. The van der Waals surface area contributed by atoms with Gasteiger partial charge in [0.05, 0.1) is 38.1 Å². The van der Waals surface area contributed by atoms with Gasteiger partial charge in [0.25, 0.3) is 0 Å². The number of amides is 6. The van der Waals surface area contributed by atoms with Crippen LogP contribution in [0.15, 0.2) is 12.5 Å². The summed E-state index contributed by atoms with van der Waals surface area (Å²) < 4.78 is 20.9. The van der Waals surface area contributed by atoms with Crippen molar-refractivity contribution in [3.63, 3.8) is 0 Å². The van der Waals surface area contributed by atoms with Gasteiger partial charge in [-0.05, 0) is 52.5 Å². The number of phosphoric ester groups is 1. The Morgan fingerprint density at radius 1 is 1.07 bits per heavy atom. The minimum absolute atomic E-state index is 0.0326. The predicted molar refractivity (Wildman–Crippen MR) is 209 cm³/mol. The molecule has 1 aromatic heterocycles. The molecule has 0 aliphatic carbocycles. The molecule has 6 amide bonds. The molecular formula is C33H72N9O11P. The number of aromatic amines is 1. The van der Waals surface area contributed by atoms with Gasteiger partial charge in [-0.15, -0.1) is 0 Å². The molecule has 0 aliphatic rings. The van der Waals surface area contributed by atoms with Gasteiger partial charge in [0.15, 0.2) is 0 Å². The summed E-state index contributed by atoms with van der Waals surface area (Å²) in [5.41, 5.74) is 19.1. The second-order valence-corrected chi connectivity index (χ2v) is 12.8. The molecule has 0 saturated heterocycles. The minimum Gasteiger partial charge on any atom is -0.396 e. The van der Waals surface area contributed by atoms with Gasteiger partial charge in [0.2, 0.25) is 36.4 Å². The highest BCUT2D eigenvalue weighted by atomic mass is 31.2. The number of nitrogens with one attached hydrogen (secondary N) is 3. The first-order valence-corrected chi connectivity index (χ1v) is 18.9. The number of aliphatic hydroxyl groups is 1. The van der Waals surface area contributed by atoms with Gasteiger partial charge in [-0.3, -0.25) is 37.8 Å². The molecule has 1 rings (SSSR count). The normalized spacial score (nSPS) is 12.1. The van der Waals surface area contributed by atoms with Crippen LogP contribution in [-0.2, 0) is 42.4 Å². The van der Waals surface area contributed by atoms with Gasteiger partial charge < -0.3 is 53.5 Å². The number of aliphatic hydroxyl groups excluding tert-OH is 1. The van der Waals surface area contributed by atoms with Crippen LogP contribution in [-0.4, -0.2) is 113 Å². The SMILES string of the molecule is CC.CC(CNC(=O)C(C)CO)OP(=O)(O)OCCCN.CC(N)=O.CCCN(CC(=O)NC(C)CC(C)C)C(C)=O.Cc1cnc[nH]1.NC=O.NC=O. The second-order valence-electron chi connectivity index (χ2n) is 11.3. The molecule has 0 spiro atoms. The van der Waals surface area contributed by atoms with Gasteiger partial charge in [0.1, 0.15) is 0 Å². The average Bonchev–Trinajstić information content (AvgIpc) is 3.55. The van der Waals surface area contributed by atoms with Crippen molar-refractivity contribution in [3.8, 4) is 0 Å². The molecule has 0 aromatic carbocycles. The quantitative estimate of drug-likeness (QED) is 0.0600. The van der Waals surface area contributed by atoms with Crippen LogP contribution in [0.3, 0.4) is 0 Å². The molecular weight excluding hydrogens is 729 g/mol. The van der Waals surface area contributed by atoms with Crippen LogP contribution in [0, 0.1) is 18.8 Å². The number of aromatic nitrogens is 2. The number of hydrogen-bond donors (Lipinski definition) is 9. The maximum Gasteiger partial charge on any atom is 0.472 e. The zero-order valence-corrected chi connectivity index (χ0v) is 35.1. The molecule has 20 nitrogen and oxygen atoms in total. The summed E-state index contributed by atoms with van der Waals surface area (Å²) >= 11 is 0. The molecule has 0 radical (unpaired) electrons. The minimum atomic E-state index is -4.13. The zero-order chi connectivity index (χ0) is 43.7. The van der Waals surface area contributed by atoms with E-state index in [2.05, 4.69) is 56.2 Å². The fraction of sp³-hybridized carbons (Fsp3) is 0.727. The molecule has 320 valence electrons. The molecule has 1 heterocycles. The monoisotopic (exact) mass is 802 g/mol. The molecule has 4 atom stereocenters. The number of hydrogen-bond acceptors (Lipinski definition) is 12. The number of imidazole rings is 1. The molecule has 13 N–H and O–H groups in total. The van der Waals surface area contributed by atoms with Crippen molar-refractivity contribution in [2.24, 2.45) is 34.8 Å². The van der Waals surface area contributed by atoms with E-state index in [1.165, 1.54) is 20.8 Å². The van der Waals surface area contributed by atoms with Crippen LogP contribution in [0.25, 0.3) is 0 Å². The Bertz CT molecular complexity index is 1090. The number of nitrogens with zero attached hydrogens (tertiary/aromatic N) is 2. The first-order chi connectivity index (χ1) is 25.1. The maximum atomic E-state index is 11.7. The Morgan fingerprint density at radius 2 is 1.57 bits per heavy atom. The molecule has 54 heavy (non-hydrogen) atoms. The van der Waals surface area contributed by atoms with Crippen molar-refractivity contribution in [2.45, 2.75) is 108 Å². The van der Waals surface area contributed by atoms with Crippen LogP contribution in [0.2, 0.25) is 0 Å². The number of aryl methyl sites for hydroxylation is 1. The number of carbonyl (C=O) groups is 6. The van der Waals surface area contributed by atoms with E-state index in [1.807, 2.05) is 34.6 Å². The van der Waals surface area contributed by atoms with Crippen molar-refractivity contribution in [3.05, 3.63) is 18.2 Å². The van der Waals surface area contributed by atoms with E-state index < -0.39 is 19.8 Å². The van der Waals surface area contributed by atoms with Crippen LogP contribution in [0.4, 0.5) is 0 Å². The topological polar surface area (TPSA) is 338 Å². The van der Waals surface area contributed by atoms with E-state index in [9.17, 15) is 28.6 Å². The Labute approximate surface area is 321 Å². The van der Waals surface area contributed by atoms with Crippen LogP contribution < -0.4 is 33.6 Å². The van der Waals surface area contributed by atoms with Crippen LogP contribution >= 0.6 is 7.82 Å². The Hall–Kier alpha value is -3.94. The number of nitrogens with two attached hydrogens (primary N) is 4. The number of carbonyl (C=O) groups excluding carboxylic acids is 6. The van der Waals surface area contributed by atoms with Crippen molar-refractivity contribution in [2.75, 3.05) is 39.4 Å². The number of rotatable bonds is 17. The van der Waals surface area contributed by atoms with Crippen LogP contribution in [0.1, 0.15) is 94.2 Å². The fourth-order valence-electron chi connectivity index (χ4n) is 3.26. The van der Waals surface area contributed by atoms with Gasteiger partial charge in [0, 0.05) is 44.9 Å². The Morgan fingerprint density at radius 3 is 1.91 bits per heavy atom. The lowest BCUT2D eigenvalue weighted by atomic mass is 10.1. The summed E-state index contributed by atoms with van der Waals surface area (Å²) in [6.07, 6.45) is 5.53. The number of H-pyrrole nitrogens is 1. The van der Waals surface area contributed by atoms with E-state index >= 15 is 0 Å². The van der Waals surface area contributed by atoms with E-state index in [4.69, 9.17) is 25.0 Å². The molecule has 0 aliphatic heterocycles. The van der Waals surface area contributed by atoms with E-state index in [0.29, 0.717) is 25.4 Å². The lowest BCUT2D eigenvalue weighted by Crippen LogP contribution is -2.43. The summed E-state index contributed by atoms with van der Waals surface area (Å²) in [4.78, 5) is 78.3. The smallest absolute Gasteiger partial charge is 0.396 e. The van der Waals surface area contributed by atoms with Crippen molar-refractivity contribution in [1.82, 2.24) is 25.5 Å². The maximum absolute atomic E-state index is 11.7. The Kier molecular flexibility index (Phi) is 50.0. The van der Waals surface area contributed by atoms with Crippen molar-refractivity contribution in [1.29, 1.82) is 0 Å². The lowest BCUT2D eigenvalue weighted by molar-refractivity contribution is -0.134. The summed E-state index contributed by atoms with van der Waals surface area (Å²) in [7, 11) is -4.13. The highest BCUT2D eigenvalue weighted by molar-refractivity contribution is 7.47. The second kappa shape index (κ2) is 43.5. The fourth-order valence-corrected chi connectivity index (χ4v) is 4.21. The first kappa shape index (κ1) is 62.1. The van der Waals surface area contributed by atoms with Gasteiger partial charge in [-0.2, -0.15) is 0 Å². The zero-order valence-electron chi connectivity index (χ0n) is 34.2. The number of phosphoric acid groups is 1. The van der Waals surface area contributed by atoms with Gasteiger partial charge >= 0.3 is 7.82 Å². The summed E-state index contributed by atoms with van der Waals surface area (Å²) in [5, 5.41) is 14.2. The summed E-state index contributed by atoms with van der Waals surface area (Å²) in [6.45, 7) is 21.1. The lowest BCUT2D eigenvalue weighted by Gasteiger charge is -2.22. The van der Waals surface area contributed by atoms with Crippen molar-refractivity contribution >= 4 is 44.3 Å². The number of primary amides is 3. The van der Waals surface area contributed by atoms with Crippen molar-refractivity contribution < 1.29 is 52.4 Å².